The molecular formula is C68H106O11. The van der Waals surface area contributed by atoms with Gasteiger partial charge in [0.2, 0.25) is 12.1 Å². The van der Waals surface area contributed by atoms with Crippen LogP contribution in [0.2, 0.25) is 0 Å². The molecule has 2 saturated heterocycles. The summed E-state index contributed by atoms with van der Waals surface area (Å²) >= 11 is 0. The van der Waals surface area contributed by atoms with Crippen LogP contribution >= 0.6 is 0 Å². The van der Waals surface area contributed by atoms with Gasteiger partial charge in [0.1, 0.15) is 25.4 Å². The summed E-state index contributed by atoms with van der Waals surface area (Å²) in [6.45, 7) is 14.7. The van der Waals surface area contributed by atoms with E-state index < -0.39 is 61.4 Å². The molecule has 0 aromatic carbocycles. The van der Waals surface area contributed by atoms with E-state index in [-0.39, 0.29) is 13.2 Å². The Hall–Kier alpha value is -5.20. The Kier molecular flexibility index (Phi) is 44.1. The zero-order chi connectivity index (χ0) is 57.0. The molecule has 11 nitrogen and oxygen atoms in total. The maximum atomic E-state index is 11.2. The van der Waals surface area contributed by atoms with Gasteiger partial charge in [0.05, 0.1) is 50.4 Å². The topological polar surface area (TPSA) is 113 Å². The molecule has 2 aliphatic heterocycles. The quantitative estimate of drug-likeness (QED) is 0.0357. The van der Waals surface area contributed by atoms with E-state index in [0.717, 1.165) is 135 Å². The van der Waals surface area contributed by atoms with Gasteiger partial charge in [-0.3, -0.25) is 0 Å². The molecule has 0 aromatic heterocycles. The average Bonchev–Trinajstić information content (AvgIpc) is 3.76. The van der Waals surface area contributed by atoms with Crippen LogP contribution in [0.25, 0.3) is 0 Å². The summed E-state index contributed by atoms with van der Waals surface area (Å²) in [6, 6.07) is 0. The Balaban J connectivity index is 2.97. The fraction of sp³-hybridized carbons (Fsp3) is 0.588. The monoisotopic (exact) mass is 1100 g/mol. The number of allylic oxidation sites excluding steroid dienone is 21. The molecule has 2 fully saturated rings. The third kappa shape index (κ3) is 32.0. The first-order chi connectivity index (χ1) is 39.0. The number of ether oxygens (including phenoxy) is 10. The van der Waals surface area contributed by atoms with E-state index >= 15 is 0 Å². The Morgan fingerprint density at radius 1 is 0.367 bits per heavy atom. The van der Waals surface area contributed by atoms with E-state index in [2.05, 4.69) is 91.0 Å². The number of aliphatic hydroxyl groups excluding tert-OH is 1. The number of rotatable bonds is 47. The molecule has 0 spiro atoms. The summed E-state index contributed by atoms with van der Waals surface area (Å²) in [5.41, 5.74) is 0. The Morgan fingerprint density at radius 3 is 1.10 bits per heavy atom. The van der Waals surface area contributed by atoms with Crippen LogP contribution in [0.5, 0.6) is 0 Å². The molecule has 11 heteroatoms. The zero-order valence-corrected chi connectivity index (χ0v) is 49.8. The molecule has 2 aliphatic rings. The van der Waals surface area contributed by atoms with Crippen molar-refractivity contribution in [3.8, 4) is 0 Å². The van der Waals surface area contributed by atoms with E-state index in [1.54, 1.807) is 43.8 Å². The maximum Gasteiger partial charge on any atom is 0.248 e. The Morgan fingerprint density at radius 2 is 0.709 bits per heavy atom. The predicted molar refractivity (Wildman–Crippen MR) is 325 cm³/mol. The molecule has 444 valence electrons. The van der Waals surface area contributed by atoms with Gasteiger partial charge < -0.3 is 52.5 Å². The number of aliphatic hydroxyl groups is 1. The Labute approximate surface area is 479 Å². The SMILES string of the molecule is CCCCC=CC=COC[C@H]1O[C@@](COC=CC=CCCCC)(O[C@H]2O[C@H](CO)[C@@H](OC=CC=CCCCC)[C@H](OC=CC=CCCCC)[C@H]2OC=CC=CCCCC)[C@@H](OC=CC=CCCCC)[C@@H]1OC=CC=CCCCC. The highest BCUT2D eigenvalue weighted by molar-refractivity contribution is 5.10. The van der Waals surface area contributed by atoms with Crippen LogP contribution in [0.3, 0.4) is 0 Å². The minimum Gasteiger partial charge on any atom is -0.498 e. The number of hydrogen-bond donors (Lipinski definition) is 1. The van der Waals surface area contributed by atoms with Crippen molar-refractivity contribution >= 4 is 0 Å². The average molecular weight is 1100 g/mol. The lowest BCUT2D eigenvalue weighted by atomic mass is 9.97. The van der Waals surface area contributed by atoms with Gasteiger partial charge in [-0.25, -0.2) is 0 Å². The largest absolute Gasteiger partial charge is 0.498 e. The molecule has 0 aliphatic carbocycles. The third-order valence-corrected chi connectivity index (χ3v) is 12.8. The zero-order valence-electron chi connectivity index (χ0n) is 49.8. The van der Waals surface area contributed by atoms with Gasteiger partial charge in [0.25, 0.3) is 0 Å². The number of unbranched alkanes of at least 4 members (excludes halogenated alkanes) is 14. The predicted octanol–water partition coefficient (Wildman–Crippen LogP) is 17.6. The molecule has 0 amide bonds. The van der Waals surface area contributed by atoms with Gasteiger partial charge in [-0.1, -0.05) is 223 Å². The van der Waals surface area contributed by atoms with Crippen molar-refractivity contribution in [3.05, 3.63) is 171 Å². The normalized spacial score (nSPS) is 24.5. The maximum absolute atomic E-state index is 11.2. The summed E-state index contributed by atoms with van der Waals surface area (Å²) < 4.78 is 67.4. The van der Waals surface area contributed by atoms with Gasteiger partial charge in [-0.15, -0.1) is 0 Å². The first kappa shape index (κ1) is 69.9. The van der Waals surface area contributed by atoms with E-state index in [4.69, 9.17) is 47.4 Å². The van der Waals surface area contributed by atoms with Crippen molar-refractivity contribution in [2.45, 2.75) is 238 Å². The lowest BCUT2D eigenvalue weighted by molar-refractivity contribution is -0.384. The highest BCUT2D eigenvalue weighted by Gasteiger charge is 2.63. The summed E-state index contributed by atoms with van der Waals surface area (Å²) in [5.74, 6) is -1.77. The molecule has 0 aromatic rings. The van der Waals surface area contributed by atoms with Crippen molar-refractivity contribution in [1.29, 1.82) is 0 Å². The molecule has 1 N–H and O–H groups in total. The molecule has 0 bridgehead atoms. The molecule has 79 heavy (non-hydrogen) atoms. The van der Waals surface area contributed by atoms with Crippen LogP contribution in [-0.4, -0.2) is 79.7 Å². The van der Waals surface area contributed by atoms with E-state index in [0.29, 0.717) is 0 Å². The highest BCUT2D eigenvalue weighted by Crippen LogP contribution is 2.41. The van der Waals surface area contributed by atoms with Crippen molar-refractivity contribution in [1.82, 2.24) is 0 Å². The summed E-state index contributed by atoms with van der Waals surface area (Å²) in [4.78, 5) is 0. The lowest BCUT2D eigenvalue weighted by Gasteiger charge is -2.46. The standard InChI is InChI=1S/C68H106O11/c1-8-15-22-29-36-43-50-70-58-61-63(73-53-46-39-32-25-18-11-4)66(76-56-49-42-35-28-21-14-7)68(78-61,59-71-51-44-37-30-23-16-9-2)79-67-65(75-55-48-41-34-27-20-13-6)64(74-54-47-40-33-26-19-12-5)62(60(57-69)77-67)72-52-45-38-31-24-17-10-3/h29-56,60-67,69H,8-28,57-59H2,1-7H3/t60-,61-,62-,63-,64+,65-,66+,67-,68+/m1/s1. The van der Waals surface area contributed by atoms with Crippen molar-refractivity contribution in [3.63, 3.8) is 0 Å². The third-order valence-electron chi connectivity index (χ3n) is 12.8. The second kappa shape index (κ2) is 49.8. The van der Waals surface area contributed by atoms with Gasteiger partial charge in [-0.05, 0) is 87.5 Å². The summed E-state index contributed by atoms with van der Waals surface area (Å²) in [5, 5.41) is 11.2. The van der Waals surface area contributed by atoms with Crippen LogP contribution in [0.1, 0.15) is 183 Å². The van der Waals surface area contributed by atoms with Gasteiger partial charge in [0, 0.05) is 0 Å². The van der Waals surface area contributed by atoms with Crippen LogP contribution in [0.15, 0.2) is 171 Å². The van der Waals surface area contributed by atoms with E-state index in [9.17, 15) is 5.11 Å². The minimum absolute atomic E-state index is 0.0705. The molecule has 9 atom stereocenters. The van der Waals surface area contributed by atoms with E-state index in [1.807, 2.05) is 85.1 Å². The Bertz CT molecular complexity index is 1880. The number of hydrogen-bond acceptors (Lipinski definition) is 11. The van der Waals surface area contributed by atoms with Gasteiger partial charge in [-0.2, -0.15) is 0 Å². The molecule has 0 radical (unpaired) electrons. The lowest BCUT2D eigenvalue weighted by Crippen LogP contribution is -2.64. The van der Waals surface area contributed by atoms with Crippen molar-refractivity contribution in [2.75, 3.05) is 19.8 Å². The molecule has 0 unspecified atom stereocenters. The van der Waals surface area contributed by atoms with Gasteiger partial charge in [0.15, 0.2) is 30.5 Å². The highest BCUT2D eigenvalue weighted by atomic mass is 16.8. The van der Waals surface area contributed by atoms with Crippen LogP contribution in [0.4, 0.5) is 0 Å². The smallest absolute Gasteiger partial charge is 0.248 e. The second-order valence-corrected chi connectivity index (χ2v) is 19.7. The van der Waals surface area contributed by atoms with Gasteiger partial charge >= 0.3 is 0 Å². The molecule has 2 rings (SSSR count). The van der Waals surface area contributed by atoms with Crippen molar-refractivity contribution < 1.29 is 52.5 Å². The molecule has 0 saturated carbocycles. The second-order valence-electron chi connectivity index (χ2n) is 19.7. The molecule has 2 heterocycles. The van der Waals surface area contributed by atoms with Crippen LogP contribution in [0, 0.1) is 0 Å². The first-order valence-corrected chi connectivity index (χ1v) is 30.3. The van der Waals surface area contributed by atoms with Crippen molar-refractivity contribution in [2.24, 2.45) is 0 Å². The van der Waals surface area contributed by atoms with E-state index in [1.165, 1.54) is 0 Å². The fourth-order valence-corrected chi connectivity index (χ4v) is 8.22. The van der Waals surface area contributed by atoms with Crippen LogP contribution in [-0.2, 0) is 47.4 Å². The minimum atomic E-state index is -1.77. The summed E-state index contributed by atoms with van der Waals surface area (Å²) in [7, 11) is 0. The van der Waals surface area contributed by atoms with Crippen LogP contribution < -0.4 is 0 Å². The fourth-order valence-electron chi connectivity index (χ4n) is 8.22. The molecular weight excluding hydrogens is 993 g/mol. The first-order valence-electron chi connectivity index (χ1n) is 30.3. The summed E-state index contributed by atoms with van der Waals surface area (Å²) in [6.07, 6.45) is 67.4.